The number of carbonyl (C=O) groups is 1. The first-order valence-electron chi connectivity index (χ1n) is 5.04. The Morgan fingerprint density at radius 1 is 1.53 bits per heavy atom. The van der Waals surface area contributed by atoms with Gasteiger partial charge in [0.1, 0.15) is 0 Å². The van der Waals surface area contributed by atoms with E-state index >= 15 is 0 Å². The maximum Gasteiger partial charge on any atom is 0.456 e. The molecule has 0 saturated carbocycles. The Morgan fingerprint density at radius 3 is 2.82 bits per heavy atom. The van der Waals surface area contributed by atoms with Gasteiger partial charge in [0.25, 0.3) is 5.78 Å². The number of nitrogens with zero attached hydrogens (tertiary/aromatic N) is 3. The highest BCUT2D eigenvalue weighted by atomic mass is 32.2. The predicted octanol–water partition coefficient (Wildman–Crippen LogP) is 2.17. The summed E-state index contributed by atoms with van der Waals surface area (Å²) in [5.41, 5.74) is -0.652. The number of ketones is 1. The Morgan fingerprint density at radius 2 is 2.24 bits per heavy atom. The molecule has 4 nitrogen and oxygen atoms in total. The number of hydrogen-bond donors (Lipinski definition) is 0. The highest BCUT2D eigenvalue weighted by Crippen LogP contribution is 2.19. The third-order valence-corrected chi connectivity index (χ3v) is 2.89. The van der Waals surface area contributed by atoms with Crippen molar-refractivity contribution in [1.29, 1.82) is 0 Å². The number of carbonyl (C=O) groups excluding carboxylic acids is 1. The second kappa shape index (κ2) is 6.04. The summed E-state index contributed by atoms with van der Waals surface area (Å²) in [6.45, 7) is 2.49. The molecule has 0 N–H and O–H groups in total. The number of thioether (sulfide) groups is 1. The van der Waals surface area contributed by atoms with E-state index in [0.29, 0.717) is 6.54 Å². The second-order valence-electron chi connectivity index (χ2n) is 3.24. The van der Waals surface area contributed by atoms with Crippen LogP contribution >= 0.6 is 11.8 Å². The fourth-order valence-corrected chi connectivity index (χ4v) is 1.75. The highest BCUT2D eigenvalue weighted by Gasteiger charge is 2.41. The van der Waals surface area contributed by atoms with Crippen LogP contribution in [0.4, 0.5) is 13.2 Å². The molecule has 1 rings (SSSR count). The van der Waals surface area contributed by atoms with Gasteiger partial charge in [0.05, 0.1) is 6.20 Å². The normalized spacial score (nSPS) is 11.8. The molecule has 0 saturated heterocycles. The van der Waals surface area contributed by atoms with Crippen molar-refractivity contribution in [2.45, 2.75) is 26.1 Å². The molecule has 0 radical (unpaired) electrons. The van der Waals surface area contributed by atoms with Crippen LogP contribution in [0, 0.1) is 0 Å². The molecule has 17 heavy (non-hydrogen) atoms. The quantitative estimate of drug-likeness (QED) is 0.585. The zero-order chi connectivity index (χ0) is 12.9. The second-order valence-corrected chi connectivity index (χ2v) is 4.64. The lowest BCUT2D eigenvalue weighted by molar-refractivity contribution is -0.0888. The van der Waals surface area contributed by atoms with Gasteiger partial charge in [-0.1, -0.05) is 12.1 Å². The number of aromatic nitrogens is 3. The molecule has 0 aliphatic heterocycles. The summed E-state index contributed by atoms with van der Waals surface area (Å²) in [7, 11) is 0. The monoisotopic (exact) mass is 267 g/mol. The topological polar surface area (TPSA) is 47.8 Å². The smallest absolute Gasteiger partial charge is 0.282 e. The molecule has 0 atom stereocenters. The summed E-state index contributed by atoms with van der Waals surface area (Å²) < 4.78 is 37.5. The summed E-state index contributed by atoms with van der Waals surface area (Å²) >= 11 is 1.74. The highest BCUT2D eigenvalue weighted by molar-refractivity contribution is 7.99. The molecule has 0 aliphatic rings. The maximum absolute atomic E-state index is 12.1. The zero-order valence-corrected chi connectivity index (χ0v) is 10.0. The van der Waals surface area contributed by atoms with E-state index < -0.39 is 17.7 Å². The van der Waals surface area contributed by atoms with Crippen molar-refractivity contribution in [3.8, 4) is 0 Å². The van der Waals surface area contributed by atoms with Crippen LogP contribution in [0.15, 0.2) is 6.20 Å². The Kier molecular flexibility index (Phi) is 4.98. The summed E-state index contributed by atoms with van der Waals surface area (Å²) in [6.07, 6.45) is -3.08. The van der Waals surface area contributed by atoms with Crippen molar-refractivity contribution < 1.29 is 18.0 Å². The number of alkyl halides is 3. The zero-order valence-electron chi connectivity index (χ0n) is 9.20. The molecule has 0 bridgehead atoms. The molecule has 1 heterocycles. The molecular weight excluding hydrogens is 255 g/mol. The standard InChI is InChI=1S/C9H12F3N3OS/c1-2-17-5-3-4-15-6-7(13-14-15)8(16)9(10,11)12/h6H,2-5H2,1H3. The molecule has 0 spiro atoms. The molecule has 1 aromatic heterocycles. The van der Waals surface area contributed by atoms with E-state index in [4.69, 9.17) is 0 Å². The van der Waals surface area contributed by atoms with Gasteiger partial charge in [-0.2, -0.15) is 24.9 Å². The van der Waals surface area contributed by atoms with Crippen molar-refractivity contribution in [3.63, 3.8) is 0 Å². The van der Waals surface area contributed by atoms with Crippen LogP contribution < -0.4 is 0 Å². The van der Waals surface area contributed by atoms with Crippen LogP contribution in [0.5, 0.6) is 0 Å². The van der Waals surface area contributed by atoms with Gasteiger partial charge in [-0.15, -0.1) is 5.10 Å². The summed E-state index contributed by atoms with van der Waals surface area (Å²) in [6, 6.07) is 0. The molecule has 8 heteroatoms. The lowest BCUT2D eigenvalue weighted by Crippen LogP contribution is -2.23. The van der Waals surface area contributed by atoms with Crippen molar-refractivity contribution in [3.05, 3.63) is 11.9 Å². The van der Waals surface area contributed by atoms with E-state index in [-0.39, 0.29) is 0 Å². The number of rotatable bonds is 6. The molecule has 96 valence electrons. The molecule has 1 aromatic rings. The van der Waals surface area contributed by atoms with Crippen molar-refractivity contribution in [1.82, 2.24) is 15.0 Å². The molecule has 0 amide bonds. The Balaban J connectivity index is 2.51. The minimum absolute atomic E-state index is 0.463. The predicted molar refractivity (Wildman–Crippen MR) is 58.0 cm³/mol. The Labute approximate surface area is 101 Å². The van der Waals surface area contributed by atoms with E-state index in [2.05, 4.69) is 10.3 Å². The van der Waals surface area contributed by atoms with Gasteiger partial charge in [-0.05, 0) is 17.9 Å². The molecule has 0 aromatic carbocycles. The maximum atomic E-state index is 12.1. The van der Waals surface area contributed by atoms with E-state index in [1.54, 1.807) is 11.8 Å². The van der Waals surface area contributed by atoms with Gasteiger partial charge in [0, 0.05) is 6.54 Å². The first kappa shape index (κ1) is 14.0. The largest absolute Gasteiger partial charge is 0.456 e. The Hall–Kier alpha value is -1.05. The minimum atomic E-state index is -4.89. The van der Waals surface area contributed by atoms with Gasteiger partial charge < -0.3 is 0 Å². The first-order chi connectivity index (χ1) is 7.95. The van der Waals surface area contributed by atoms with E-state index in [0.717, 1.165) is 24.1 Å². The molecule has 0 fully saturated rings. The van der Waals surface area contributed by atoms with Crippen molar-refractivity contribution >= 4 is 17.5 Å². The van der Waals surface area contributed by atoms with Crippen LogP contribution in [0.1, 0.15) is 23.8 Å². The lowest BCUT2D eigenvalue weighted by Gasteiger charge is -2.00. The third-order valence-electron chi connectivity index (χ3n) is 1.91. The molecular formula is C9H12F3N3OS. The molecule has 0 unspecified atom stereocenters. The first-order valence-corrected chi connectivity index (χ1v) is 6.20. The lowest BCUT2D eigenvalue weighted by atomic mass is 10.3. The van der Waals surface area contributed by atoms with Gasteiger partial charge >= 0.3 is 6.18 Å². The van der Waals surface area contributed by atoms with Crippen LogP contribution in [-0.4, -0.2) is 38.5 Å². The molecule has 0 aliphatic carbocycles. The average Bonchev–Trinajstić information content (AvgIpc) is 2.70. The van der Waals surface area contributed by atoms with Crippen molar-refractivity contribution in [2.75, 3.05) is 11.5 Å². The number of hydrogen-bond acceptors (Lipinski definition) is 4. The van der Waals surface area contributed by atoms with E-state index in [9.17, 15) is 18.0 Å². The van der Waals surface area contributed by atoms with Crippen molar-refractivity contribution in [2.24, 2.45) is 0 Å². The van der Waals surface area contributed by atoms with Gasteiger partial charge in [0.15, 0.2) is 5.69 Å². The van der Waals surface area contributed by atoms with Crippen LogP contribution in [0.3, 0.4) is 0 Å². The average molecular weight is 267 g/mol. The van der Waals surface area contributed by atoms with Gasteiger partial charge in [-0.25, -0.2) is 0 Å². The van der Waals surface area contributed by atoms with Crippen LogP contribution in [-0.2, 0) is 6.54 Å². The number of Topliss-reactive ketones (excluding diaryl/α,β-unsaturated/α-hetero) is 1. The SMILES string of the molecule is CCSCCCn1cc(C(=O)C(F)(F)F)nn1. The van der Waals surface area contributed by atoms with Crippen LogP contribution in [0.2, 0.25) is 0 Å². The summed E-state index contributed by atoms with van der Waals surface area (Å²) in [5.74, 6) is -0.0552. The van der Waals surface area contributed by atoms with Gasteiger partial charge in [0.2, 0.25) is 0 Å². The minimum Gasteiger partial charge on any atom is -0.282 e. The Bertz CT molecular complexity index is 378. The van der Waals surface area contributed by atoms with Crippen LogP contribution in [0.25, 0.3) is 0 Å². The number of aryl methyl sites for hydroxylation is 1. The fraction of sp³-hybridized carbons (Fsp3) is 0.667. The summed E-state index contributed by atoms with van der Waals surface area (Å²) in [4.78, 5) is 10.8. The number of halogens is 3. The summed E-state index contributed by atoms with van der Waals surface area (Å²) in [5, 5.41) is 6.70. The van der Waals surface area contributed by atoms with E-state index in [1.165, 1.54) is 4.68 Å². The van der Waals surface area contributed by atoms with E-state index in [1.807, 2.05) is 6.92 Å². The fourth-order valence-electron chi connectivity index (χ4n) is 1.13. The van der Waals surface area contributed by atoms with Gasteiger partial charge in [-0.3, -0.25) is 9.48 Å². The third kappa shape index (κ3) is 4.37.